The van der Waals surface area contributed by atoms with Crippen molar-refractivity contribution in [2.24, 2.45) is 0 Å². The number of aryl methyl sites for hydroxylation is 3. The van der Waals surface area contributed by atoms with E-state index in [9.17, 15) is 4.79 Å². The zero-order valence-corrected chi connectivity index (χ0v) is 11.8. The molecule has 1 aromatic rings. The Morgan fingerprint density at radius 2 is 1.89 bits per heavy atom. The molecule has 0 atom stereocenters. The van der Waals surface area contributed by atoms with E-state index in [1.807, 2.05) is 6.92 Å². The standard InChI is InChI=1S/C16H24O2/c1-4-18-16(17)9-7-5-6-8-15-11-10-13(2)14(3)12-15/h10-12H,4-9H2,1-3H3. The van der Waals surface area contributed by atoms with E-state index in [-0.39, 0.29) is 5.97 Å². The van der Waals surface area contributed by atoms with E-state index in [2.05, 4.69) is 32.0 Å². The Morgan fingerprint density at radius 3 is 2.56 bits per heavy atom. The minimum absolute atomic E-state index is 0.0660. The molecule has 0 amide bonds. The second-order valence-electron chi connectivity index (χ2n) is 4.78. The van der Waals surface area contributed by atoms with Gasteiger partial charge in [-0.15, -0.1) is 0 Å². The third kappa shape index (κ3) is 5.35. The Hall–Kier alpha value is -1.31. The van der Waals surface area contributed by atoms with E-state index in [1.165, 1.54) is 16.7 Å². The molecule has 2 nitrogen and oxygen atoms in total. The van der Waals surface area contributed by atoms with Gasteiger partial charge in [0.05, 0.1) is 6.61 Å². The molecule has 0 bridgehead atoms. The van der Waals surface area contributed by atoms with Gasteiger partial charge >= 0.3 is 5.97 Å². The van der Waals surface area contributed by atoms with Gasteiger partial charge in [-0.25, -0.2) is 0 Å². The highest BCUT2D eigenvalue weighted by Crippen LogP contribution is 2.13. The average Bonchev–Trinajstić information content (AvgIpc) is 2.33. The van der Waals surface area contributed by atoms with E-state index in [1.54, 1.807) is 0 Å². The summed E-state index contributed by atoms with van der Waals surface area (Å²) in [5, 5.41) is 0. The lowest BCUT2D eigenvalue weighted by atomic mass is 10.0. The van der Waals surface area contributed by atoms with Gasteiger partial charge in [-0.05, 0) is 56.7 Å². The molecule has 1 aromatic carbocycles. The van der Waals surface area contributed by atoms with Gasteiger partial charge in [0, 0.05) is 6.42 Å². The van der Waals surface area contributed by atoms with Crippen LogP contribution in [0.15, 0.2) is 18.2 Å². The number of benzene rings is 1. The SMILES string of the molecule is CCOC(=O)CCCCCc1ccc(C)c(C)c1. The van der Waals surface area contributed by atoms with Gasteiger partial charge in [0.1, 0.15) is 0 Å². The molecule has 0 heterocycles. The molecule has 0 radical (unpaired) electrons. The van der Waals surface area contributed by atoms with Crippen LogP contribution in [0.3, 0.4) is 0 Å². The first-order valence-corrected chi connectivity index (χ1v) is 6.85. The van der Waals surface area contributed by atoms with Crippen LogP contribution in [0, 0.1) is 13.8 Å². The molecular formula is C16H24O2. The molecule has 0 aliphatic heterocycles. The van der Waals surface area contributed by atoms with Gasteiger partial charge in [0.15, 0.2) is 0 Å². The van der Waals surface area contributed by atoms with Crippen LogP contribution in [0.1, 0.15) is 49.3 Å². The largest absolute Gasteiger partial charge is 0.466 e. The predicted octanol–water partition coefficient (Wildman–Crippen LogP) is 3.97. The molecule has 100 valence electrons. The Kier molecular flexibility index (Phi) is 6.48. The van der Waals surface area contributed by atoms with Gasteiger partial charge in [-0.3, -0.25) is 4.79 Å². The van der Waals surface area contributed by atoms with Crippen molar-refractivity contribution >= 4 is 5.97 Å². The highest BCUT2D eigenvalue weighted by atomic mass is 16.5. The molecule has 18 heavy (non-hydrogen) atoms. The number of hydrogen-bond donors (Lipinski definition) is 0. The van der Waals surface area contributed by atoms with E-state index in [0.29, 0.717) is 13.0 Å². The van der Waals surface area contributed by atoms with Crippen molar-refractivity contribution in [2.45, 2.75) is 52.9 Å². The normalized spacial score (nSPS) is 10.4. The lowest BCUT2D eigenvalue weighted by Gasteiger charge is -2.05. The van der Waals surface area contributed by atoms with Crippen LogP contribution in [0.5, 0.6) is 0 Å². The van der Waals surface area contributed by atoms with Crippen LogP contribution >= 0.6 is 0 Å². The van der Waals surface area contributed by atoms with E-state index in [0.717, 1.165) is 25.7 Å². The van der Waals surface area contributed by atoms with Crippen molar-refractivity contribution in [1.82, 2.24) is 0 Å². The molecule has 0 aliphatic carbocycles. The molecule has 0 saturated heterocycles. The van der Waals surface area contributed by atoms with Crippen LogP contribution in [0.25, 0.3) is 0 Å². The molecule has 0 N–H and O–H groups in total. The number of rotatable bonds is 7. The predicted molar refractivity (Wildman–Crippen MR) is 74.7 cm³/mol. The summed E-state index contributed by atoms with van der Waals surface area (Å²) in [4.78, 5) is 11.1. The van der Waals surface area contributed by atoms with Gasteiger partial charge in [-0.1, -0.05) is 24.6 Å². The summed E-state index contributed by atoms with van der Waals surface area (Å²) in [7, 11) is 0. The summed E-state index contributed by atoms with van der Waals surface area (Å²) in [6.07, 6.45) is 4.82. The van der Waals surface area contributed by atoms with Gasteiger partial charge < -0.3 is 4.74 Å². The molecule has 0 aromatic heterocycles. The first-order valence-electron chi connectivity index (χ1n) is 6.85. The quantitative estimate of drug-likeness (QED) is 0.539. The van der Waals surface area contributed by atoms with E-state index >= 15 is 0 Å². The van der Waals surface area contributed by atoms with Crippen molar-refractivity contribution in [3.63, 3.8) is 0 Å². The van der Waals surface area contributed by atoms with E-state index < -0.39 is 0 Å². The van der Waals surface area contributed by atoms with Gasteiger partial charge in [0.2, 0.25) is 0 Å². The molecule has 2 heteroatoms. The molecular weight excluding hydrogens is 224 g/mol. The van der Waals surface area contributed by atoms with Crippen molar-refractivity contribution < 1.29 is 9.53 Å². The zero-order valence-electron chi connectivity index (χ0n) is 11.8. The summed E-state index contributed by atoms with van der Waals surface area (Å²) in [5.41, 5.74) is 4.11. The van der Waals surface area contributed by atoms with Crippen molar-refractivity contribution in [3.05, 3.63) is 34.9 Å². The maximum absolute atomic E-state index is 11.1. The molecule has 1 rings (SSSR count). The van der Waals surface area contributed by atoms with Gasteiger partial charge in [-0.2, -0.15) is 0 Å². The highest BCUT2D eigenvalue weighted by molar-refractivity contribution is 5.69. The second-order valence-corrected chi connectivity index (χ2v) is 4.78. The van der Waals surface area contributed by atoms with Crippen LogP contribution in [0.4, 0.5) is 0 Å². The topological polar surface area (TPSA) is 26.3 Å². The number of carbonyl (C=O) groups is 1. The van der Waals surface area contributed by atoms with Crippen molar-refractivity contribution in [1.29, 1.82) is 0 Å². The summed E-state index contributed by atoms with van der Waals surface area (Å²) in [6.45, 7) is 6.62. The number of unbranched alkanes of at least 4 members (excludes halogenated alkanes) is 2. The van der Waals surface area contributed by atoms with Crippen LogP contribution in [-0.2, 0) is 16.0 Å². The monoisotopic (exact) mass is 248 g/mol. The summed E-state index contributed by atoms with van der Waals surface area (Å²) < 4.78 is 4.90. The fourth-order valence-corrected chi connectivity index (χ4v) is 1.97. The number of ether oxygens (including phenoxy) is 1. The summed E-state index contributed by atoms with van der Waals surface area (Å²) >= 11 is 0. The first kappa shape index (κ1) is 14.7. The van der Waals surface area contributed by atoms with Crippen LogP contribution in [0.2, 0.25) is 0 Å². The Labute approximate surface area is 110 Å². The number of esters is 1. The smallest absolute Gasteiger partial charge is 0.305 e. The Balaban J connectivity index is 2.18. The van der Waals surface area contributed by atoms with Crippen molar-refractivity contribution in [3.8, 4) is 0 Å². The number of hydrogen-bond acceptors (Lipinski definition) is 2. The molecule has 0 fully saturated rings. The minimum Gasteiger partial charge on any atom is -0.466 e. The highest BCUT2D eigenvalue weighted by Gasteiger charge is 2.01. The van der Waals surface area contributed by atoms with Crippen LogP contribution in [-0.4, -0.2) is 12.6 Å². The zero-order chi connectivity index (χ0) is 13.4. The average molecular weight is 248 g/mol. The second kappa shape index (κ2) is 7.91. The molecule has 0 saturated carbocycles. The summed E-state index contributed by atoms with van der Waals surface area (Å²) in [6, 6.07) is 6.65. The fourth-order valence-electron chi connectivity index (χ4n) is 1.97. The van der Waals surface area contributed by atoms with E-state index in [4.69, 9.17) is 4.74 Å². The van der Waals surface area contributed by atoms with Gasteiger partial charge in [0.25, 0.3) is 0 Å². The Bertz CT molecular complexity index is 383. The number of carbonyl (C=O) groups excluding carboxylic acids is 1. The fraction of sp³-hybridized carbons (Fsp3) is 0.562. The lowest BCUT2D eigenvalue weighted by molar-refractivity contribution is -0.143. The van der Waals surface area contributed by atoms with Crippen LogP contribution < -0.4 is 0 Å². The summed E-state index contributed by atoms with van der Waals surface area (Å²) in [5.74, 6) is -0.0660. The third-order valence-corrected chi connectivity index (χ3v) is 3.22. The third-order valence-electron chi connectivity index (χ3n) is 3.22. The maximum Gasteiger partial charge on any atom is 0.305 e. The maximum atomic E-state index is 11.1. The molecule has 0 spiro atoms. The molecule has 0 aliphatic rings. The Morgan fingerprint density at radius 1 is 1.11 bits per heavy atom. The van der Waals surface area contributed by atoms with Crippen molar-refractivity contribution in [2.75, 3.05) is 6.61 Å². The minimum atomic E-state index is -0.0660. The lowest BCUT2D eigenvalue weighted by Crippen LogP contribution is -2.03. The first-order chi connectivity index (χ1) is 8.63. The molecule has 0 unspecified atom stereocenters.